The standard InChI is InChI=1S/C22H23N5O4S/c1-10(28)21(29)27-7-11-4-13(5-12(11)8-27)25-17-14-2-3-23-19(14)24-6-15(17)20-26-16-9-31-22(30)18(16)32-20/h2-3,6,10-13,28H,4-5,7-9H2,1H3,(H2,23,24,25)/t10-,11-,12+,13?/m0/s1. The second-order valence-electron chi connectivity index (χ2n) is 8.91. The van der Waals surface area contributed by atoms with Crippen molar-refractivity contribution in [2.45, 2.75) is 38.5 Å². The van der Waals surface area contributed by atoms with Gasteiger partial charge in [0.2, 0.25) is 0 Å². The molecule has 0 bridgehead atoms. The lowest BCUT2D eigenvalue weighted by atomic mass is 10.0. The molecule has 1 aliphatic carbocycles. The van der Waals surface area contributed by atoms with Gasteiger partial charge in [-0.3, -0.25) is 4.79 Å². The van der Waals surface area contributed by atoms with E-state index in [1.807, 2.05) is 12.3 Å². The Morgan fingerprint density at radius 3 is 2.88 bits per heavy atom. The predicted octanol–water partition coefficient (Wildman–Crippen LogP) is 2.39. The van der Waals surface area contributed by atoms with E-state index in [4.69, 9.17) is 4.74 Å². The summed E-state index contributed by atoms with van der Waals surface area (Å²) in [5.74, 6) is 0.375. The van der Waals surface area contributed by atoms with E-state index in [9.17, 15) is 14.7 Å². The summed E-state index contributed by atoms with van der Waals surface area (Å²) in [7, 11) is 0. The van der Waals surface area contributed by atoms with E-state index >= 15 is 0 Å². The lowest BCUT2D eigenvalue weighted by Crippen LogP contribution is -2.37. The largest absolute Gasteiger partial charge is 0.455 e. The predicted molar refractivity (Wildman–Crippen MR) is 118 cm³/mol. The maximum Gasteiger partial charge on any atom is 0.350 e. The van der Waals surface area contributed by atoms with Crippen LogP contribution in [0, 0.1) is 11.8 Å². The van der Waals surface area contributed by atoms with Gasteiger partial charge < -0.3 is 25.0 Å². The summed E-state index contributed by atoms with van der Waals surface area (Å²) in [6.45, 7) is 3.16. The third-order valence-corrected chi connectivity index (χ3v) is 7.92. The first kappa shape index (κ1) is 19.7. The van der Waals surface area contributed by atoms with Crippen molar-refractivity contribution in [3.05, 3.63) is 29.0 Å². The molecule has 0 aromatic carbocycles. The lowest BCUT2D eigenvalue weighted by Gasteiger charge is -2.22. The number of aliphatic hydroxyl groups excluding tert-OH is 1. The third kappa shape index (κ3) is 3.08. The smallest absolute Gasteiger partial charge is 0.350 e. The number of carbonyl (C=O) groups is 2. The number of rotatable bonds is 4. The van der Waals surface area contributed by atoms with Crippen LogP contribution >= 0.6 is 11.3 Å². The molecule has 6 rings (SSSR count). The number of pyridine rings is 1. The number of cyclic esters (lactones) is 1. The summed E-state index contributed by atoms with van der Waals surface area (Å²) >= 11 is 1.35. The van der Waals surface area contributed by atoms with Crippen LogP contribution in [0.25, 0.3) is 21.6 Å². The number of hydrogen-bond acceptors (Lipinski definition) is 8. The quantitative estimate of drug-likeness (QED) is 0.519. The van der Waals surface area contributed by atoms with Crippen LogP contribution in [0.1, 0.15) is 35.1 Å². The van der Waals surface area contributed by atoms with Gasteiger partial charge in [0.1, 0.15) is 33.9 Å². The van der Waals surface area contributed by atoms with Crippen molar-refractivity contribution in [1.29, 1.82) is 0 Å². The molecular formula is C22H23N5O4S. The number of hydrogen-bond donors (Lipinski definition) is 3. The number of aromatic amines is 1. The monoisotopic (exact) mass is 453 g/mol. The first-order valence-electron chi connectivity index (χ1n) is 10.8. The molecular weight excluding hydrogens is 430 g/mol. The average Bonchev–Trinajstić information content (AvgIpc) is 3.55. The van der Waals surface area contributed by atoms with E-state index in [0.717, 1.165) is 40.1 Å². The maximum absolute atomic E-state index is 12.2. The third-order valence-electron chi connectivity index (χ3n) is 6.81. The normalized spacial score (nSPS) is 25.1. The highest BCUT2D eigenvalue weighted by molar-refractivity contribution is 7.17. The van der Waals surface area contributed by atoms with E-state index < -0.39 is 6.10 Å². The van der Waals surface area contributed by atoms with E-state index in [0.29, 0.717) is 35.5 Å². The molecule has 9 nitrogen and oxygen atoms in total. The number of amides is 1. The number of ether oxygens (including phenoxy) is 1. The van der Waals surface area contributed by atoms with Gasteiger partial charge >= 0.3 is 5.97 Å². The summed E-state index contributed by atoms with van der Waals surface area (Å²) < 4.78 is 5.06. The van der Waals surface area contributed by atoms with Crippen molar-refractivity contribution >= 4 is 39.9 Å². The molecule has 3 N–H and O–H groups in total. The minimum absolute atomic E-state index is 0.176. The number of carbonyl (C=O) groups excluding carboxylic acids is 2. The van der Waals surface area contributed by atoms with E-state index in [1.165, 1.54) is 18.3 Å². The highest BCUT2D eigenvalue weighted by Crippen LogP contribution is 2.43. The van der Waals surface area contributed by atoms with E-state index in [-0.39, 0.29) is 24.5 Å². The number of esters is 1. The fraction of sp³-hybridized carbons (Fsp3) is 0.455. The van der Waals surface area contributed by atoms with Crippen LogP contribution in [0.4, 0.5) is 5.69 Å². The molecule has 2 fully saturated rings. The fourth-order valence-corrected chi connectivity index (χ4v) is 6.29. The summed E-state index contributed by atoms with van der Waals surface area (Å²) in [5, 5.41) is 15.1. The Labute approximate surface area is 187 Å². The van der Waals surface area contributed by atoms with Crippen LogP contribution in [0.5, 0.6) is 0 Å². The summed E-state index contributed by atoms with van der Waals surface area (Å²) in [6, 6.07) is 2.27. The summed E-state index contributed by atoms with van der Waals surface area (Å²) in [5.41, 5.74) is 3.34. The molecule has 0 radical (unpaired) electrons. The number of thiazole rings is 1. The Kier molecular flexibility index (Phi) is 4.48. The zero-order chi connectivity index (χ0) is 22.0. The van der Waals surface area contributed by atoms with Gasteiger partial charge in [-0.2, -0.15) is 0 Å². The fourth-order valence-electron chi connectivity index (χ4n) is 5.32. The highest BCUT2D eigenvalue weighted by atomic mass is 32.1. The Morgan fingerprint density at radius 2 is 2.16 bits per heavy atom. The second kappa shape index (κ2) is 7.28. The van der Waals surface area contributed by atoms with Gasteiger partial charge in [0, 0.05) is 36.9 Å². The molecule has 1 saturated heterocycles. The zero-order valence-corrected chi connectivity index (χ0v) is 18.3. The van der Waals surface area contributed by atoms with Crippen LogP contribution in [-0.2, 0) is 16.1 Å². The molecule has 1 saturated carbocycles. The summed E-state index contributed by atoms with van der Waals surface area (Å²) in [6.07, 6.45) is 4.65. The van der Waals surface area contributed by atoms with Gasteiger partial charge in [-0.1, -0.05) is 0 Å². The van der Waals surface area contributed by atoms with Crippen molar-refractivity contribution in [2.75, 3.05) is 18.4 Å². The molecule has 3 aliphatic rings. The molecule has 3 aromatic heterocycles. The number of anilines is 1. The SMILES string of the molecule is C[C@H](O)C(=O)N1C[C@H]2CC(Nc3c(-c4nc5c(s4)C(=O)OC5)cnc4[nH]ccc34)C[C@H]2C1. The second-order valence-corrected chi connectivity index (χ2v) is 9.91. The Bertz CT molecular complexity index is 1220. The summed E-state index contributed by atoms with van der Waals surface area (Å²) in [4.78, 5) is 38.8. The van der Waals surface area contributed by atoms with Crippen molar-refractivity contribution in [2.24, 2.45) is 11.8 Å². The maximum atomic E-state index is 12.2. The number of aliphatic hydroxyl groups is 1. The van der Waals surface area contributed by atoms with Crippen LogP contribution in [0.3, 0.4) is 0 Å². The number of H-pyrrole nitrogens is 1. The molecule has 1 amide bonds. The van der Waals surface area contributed by atoms with Crippen molar-refractivity contribution in [3.8, 4) is 10.6 Å². The van der Waals surface area contributed by atoms with Crippen molar-refractivity contribution in [3.63, 3.8) is 0 Å². The van der Waals surface area contributed by atoms with Crippen LogP contribution in [0.15, 0.2) is 18.5 Å². The first-order chi connectivity index (χ1) is 15.5. The van der Waals surface area contributed by atoms with Crippen molar-refractivity contribution in [1.82, 2.24) is 19.9 Å². The first-order valence-corrected chi connectivity index (χ1v) is 11.7. The molecule has 10 heteroatoms. The number of nitrogens with zero attached hydrogens (tertiary/aromatic N) is 3. The van der Waals surface area contributed by atoms with Gasteiger partial charge in [-0.15, -0.1) is 11.3 Å². The van der Waals surface area contributed by atoms with Gasteiger partial charge in [-0.05, 0) is 37.7 Å². The topological polar surface area (TPSA) is 120 Å². The number of likely N-dealkylation sites (tertiary alicyclic amines) is 1. The van der Waals surface area contributed by atoms with Crippen molar-refractivity contribution < 1.29 is 19.4 Å². The van der Waals surface area contributed by atoms with Gasteiger partial charge in [0.15, 0.2) is 0 Å². The Balaban J connectivity index is 1.27. The van der Waals surface area contributed by atoms with Crippen LogP contribution in [-0.4, -0.2) is 62.1 Å². The van der Waals surface area contributed by atoms with Gasteiger partial charge in [0.05, 0.1) is 11.3 Å². The number of nitrogens with one attached hydrogen (secondary N) is 2. The van der Waals surface area contributed by atoms with Gasteiger partial charge in [-0.25, -0.2) is 14.8 Å². The Morgan fingerprint density at radius 1 is 1.38 bits per heavy atom. The molecule has 5 heterocycles. The minimum atomic E-state index is -0.943. The average molecular weight is 454 g/mol. The highest BCUT2D eigenvalue weighted by Gasteiger charge is 2.43. The van der Waals surface area contributed by atoms with E-state index in [1.54, 1.807) is 11.1 Å². The van der Waals surface area contributed by atoms with Crippen LogP contribution in [0.2, 0.25) is 0 Å². The van der Waals surface area contributed by atoms with Gasteiger partial charge in [0.25, 0.3) is 5.91 Å². The molecule has 2 aliphatic heterocycles. The lowest BCUT2D eigenvalue weighted by molar-refractivity contribution is -0.138. The zero-order valence-electron chi connectivity index (χ0n) is 17.5. The Hall–Kier alpha value is -2.98. The van der Waals surface area contributed by atoms with Crippen LogP contribution < -0.4 is 5.32 Å². The molecule has 166 valence electrons. The molecule has 32 heavy (non-hydrogen) atoms. The minimum Gasteiger partial charge on any atom is -0.455 e. The van der Waals surface area contributed by atoms with E-state index in [2.05, 4.69) is 20.3 Å². The molecule has 4 atom stereocenters. The molecule has 3 aromatic rings. The number of fused-ring (bicyclic) bond motifs is 3. The molecule has 0 spiro atoms. The molecule has 1 unspecified atom stereocenters. The number of aromatic nitrogens is 3.